The Morgan fingerprint density at radius 2 is 2.04 bits per heavy atom. The van der Waals surface area contributed by atoms with Gasteiger partial charge in [0.05, 0.1) is 19.3 Å². The van der Waals surface area contributed by atoms with Crippen LogP contribution in [-0.4, -0.2) is 23.0 Å². The quantitative estimate of drug-likeness (QED) is 0.722. The van der Waals surface area contributed by atoms with Crippen LogP contribution in [0.25, 0.3) is 4.96 Å². The average Bonchev–Trinajstić information content (AvgIpc) is 2.94. The molecule has 0 bridgehead atoms. The molecule has 1 aromatic carbocycles. The summed E-state index contributed by atoms with van der Waals surface area (Å²) in [5.41, 5.74) is 2.78. The molecule has 0 saturated heterocycles. The van der Waals surface area contributed by atoms with Gasteiger partial charge in [-0.05, 0) is 38.1 Å². The van der Waals surface area contributed by atoms with Crippen molar-refractivity contribution in [1.82, 2.24) is 9.38 Å². The molecule has 0 spiro atoms. The zero-order chi connectivity index (χ0) is 16.4. The van der Waals surface area contributed by atoms with E-state index in [2.05, 4.69) is 16.8 Å². The number of aryl methyl sites for hydroxylation is 1. The minimum absolute atomic E-state index is 0.0190. The SMILES string of the molecule is CCN(Cc1cc(=O)n2c(C)csc2n1)c1ccc(OC)cc1. The van der Waals surface area contributed by atoms with Gasteiger partial charge in [-0.1, -0.05) is 0 Å². The first kappa shape index (κ1) is 15.6. The summed E-state index contributed by atoms with van der Waals surface area (Å²) in [4.78, 5) is 19.8. The van der Waals surface area contributed by atoms with Gasteiger partial charge in [-0.3, -0.25) is 9.20 Å². The summed E-state index contributed by atoms with van der Waals surface area (Å²) in [6, 6.07) is 9.53. The number of ether oxygens (including phenoxy) is 1. The third-order valence-corrected chi connectivity index (χ3v) is 4.74. The van der Waals surface area contributed by atoms with Gasteiger partial charge in [0.25, 0.3) is 5.56 Å². The maximum atomic E-state index is 12.3. The number of aromatic nitrogens is 2. The lowest BCUT2D eigenvalue weighted by molar-refractivity contribution is 0.415. The summed E-state index contributed by atoms with van der Waals surface area (Å²) < 4.78 is 6.84. The second-order valence-corrected chi connectivity index (χ2v) is 6.13. The van der Waals surface area contributed by atoms with Crippen molar-refractivity contribution in [1.29, 1.82) is 0 Å². The molecule has 0 aliphatic rings. The van der Waals surface area contributed by atoms with Crippen molar-refractivity contribution in [2.75, 3.05) is 18.6 Å². The van der Waals surface area contributed by atoms with Crippen LogP contribution in [0, 0.1) is 6.92 Å². The standard InChI is InChI=1S/C17H19N3O2S/c1-4-19(14-5-7-15(22-3)8-6-14)10-13-9-16(21)20-12(2)11-23-17(20)18-13/h5-9,11H,4,10H2,1-3H3. The zero-order valence-electron chi connectivity index (χ0n) is 13.4. The van der Waals surface area contributed by atoms with Gasteiger partial charge in [-0.25, -0.2) is 4.98 Å². The number of thiazole rings is 1. The number of methoxy groups -OCH3 is 1. The number of hydrogen-bond acceptors (Lipinski definition) is 5. The zero-order valence-corrected chi connectivity index (χ0v) is 14.3. The summed E-state index contributed by atoms with van der Waals surface area (Å²) in [6.07, 6.45) is 0. The number of hydrogen-bond donors (Lipinski definition) is 0. The second kappa shape index (κ2) is 6.42. The number of fused-ring (bicyclic) bond motifs is 1. The molecule has 6 heteroatoms. The van der Waals surface area contributed by atoms with E-state index in [1.807, 2.05) is 36.6 Å². The molecule has 0 radical (unpaired) electrons. The third kappa shape index (κ3) is 3.07. The fourth-order valence-corrected chi connectivity index (χ4v) is 3.45. The van der Waals surface area contributed by atoms with Gasteiger partial charge in [0.1, 0.15) is 5.75 Å². The van der Waals surface area contributed by atoms with Gasteiger partial charge in [-0.15, -0.1) is 11.3 Å². The molecule has 0 aliphatic carbocycles. The summed E-state index contributed by atoms with van der Waals surface area (Å²) in [5.74, 6) is 0.830. The summed E-state index contributed by atoms with van der Waals surface area (Å²) in [5, 5.41) is 1.95. The number of rotatable bonds is 5. The van der Waals surface area contributed by atoms with Crippen molar-refractivity contribution >= 4 is 22.0 Å². The van der Waals surface area contributed by atoms with Crippen molar-refractivity contribution in [3.8, 4) is 5.75 Å². The molecule has 3 aromatic rings. The lowest BCUT2D eigenvalue weighted by atomic mass is 10.2. The molecule has 0 fully saturated rings. The predicted octanol–water partition coefficient (Wildman–Crippen LogP) is 3.10. The first-order valence-corrected chi connectivity index (χ1v) is 8.36. The minimum atomic E-state index is -0.0190. The summed E-state index contributed by atoms with van der Waals surface area (Å²) in [6.45, 7) is 5.44. The highest BCUT2D eigenvalue weighted by atomic mass is 32.1. The van der Waals surface area contributed by atoms with Gasteiger partial charge >= 0.3 is 0 Å². The van der Waals surface area contributed by atoms with Crippen LogP contribution in [0.3, 0.4) is 0 Å². The molecular formula is C17H19N3O2S. The maximum Gasteiger partial charge on any atom is 0.259 e. The molecule has 0 atom stereocenters. The smallest absolute Gasteiger partial charge is 0.259 e. The van der Waals surface area contributed by atoms with Crippen LogP contribution in [0.15, 0.2) is 40.5 Å². The normalized spacial score (nSPS) is 10.9. The molecule has 0 saturated carbocycles. The molecule has 0 aliphatic heterocycles. The molecule has 23 heavy (non-hydrogen) atoms. The highest BCUT2D eigenvalue weighted by Gasteiger charge is 2.10. The largest absolute Gasteiger partial charge is 0.497 e. The van der Waals surface area contributed by atoms with E-state index >= 15 is 0 Å². The Kier molecular flexibility index (Phi) is 4.34. The summed E-state index contributed by atoms with van der Waals surface area (Å²) >= 11 is 1.49. The van der Waals surface area contributed by atoms with E-state index in [9.17, 15) is 4.79 Å². The minimum Gasteiger partial charge on any atom is -0.497 e. The molecule has 0 N–H and O–H groups in total. The van der Waals surface area contributed by atoms with Crippen molar-refractivity contribution in [3.05, 3.63) is 57.5 Å². The lowest BCUT2D eigenvalue weighted by Crippen LogP contribution is -2.24. The highest BCUT2D eigenvalue weighted by Crippen LogP contribution is 2.21. The van der Waals surface area contributed by atoms with Gasteiger partial charge in [0, 0.05) is 29.4 Å². The van der Waals surface area contributed by atoms with Crippen LogP contribution < -0.4 is 15.2 Å². The van der Waals surface area contributed by atoms with Gasteiger partial charge in [-0.2, -0.15) is 0 Å². The third-order valence-electron chi connectivity index (χ3n) is 3.80. The Labute approximate surface area is 138 Å². The summed E-state index contributed by atoms with van der Waals surface area (Å²) in [7, 11) is 1.65. The van der Waals surface area contributed by atoms with E-state index in [0.29, 0.717) is 6.54 Å². The Bertz CT molecular complexity index is 868. The molecule has 0 unspecified atom stereocenters. The Balaban J connectivity index is 1.90. The van der Waals surface area contributed by atoms with Gasteiger partial charge < -0.3 is 9.64 Å². The maximum absolute atomic E-state index is 12.3. The van der Waals surface area contributed by atoms with E-state index in [0.717, 1.165) is 34.3 Å². The number of benzene rings is 1. The van der Waals surface area contributed by atoms with Crippen molar-refractivity contribution in [3.63, 3.8) is 0 Å². The van der Waals surface area contributed by atoms with Crippen molar-refractivity contribution in [2.45, 2.75) is 20.4 Å². The molecular weight excluding hydrogens is 310 g/mol. The van der Waals surface area contributed by atoms with Crippen molar-refractivity contribution < 1.29 is 4.74 Å². The molecule has 2 heterocycles. The van der Waals surface area contributed by atoms with E-state index in [1.54, 1.807) is 17.6 Å². The Morgan fingerprint density at radius 3 is 2.70 bits per heavy atom. The van der Waals surface area contributed by atoms with Crippen LogP contribution in [0.4, 0.5) is 5.69 Å². The highest BCUT2D eigenvalue weighted by molar-refractivity contribution is 7.15. The fraction of sp³-hybridized carbons (Fsp3) is 0.294. The average molecular weight is 329 g/mol. The Hall–Kier alpha value is -2.34. The van der Waals surface area contributed by atoms with Crippen LogP contribution in [0.2, 0.25) is 0 Å². The first-order chi connectivity index (χ1) is 11.1. The van der Waals surface area contributed by atoms with Crippen LogP contribution in [0.5, 0.6) is 5.75 Å². The van der Waals surface area contributed by atoms with E-state index in [-0.39, 0.29) is 5.56 Å². The van der Waals surface area contributed by atoms with E-state index < -0.39 is 0 Å². The van der Waals surface area contributed by atoms with Gasteiger partial charge in [0.15, 0.2) is 4.96 Å². The van der Waals surface area contributed by atoms with Gasteiger partial charge in [0.2, 0.25) is 0 Å². The number of nitrogens with zero attached hydrogens (tertiary/aromatic N) is 3. The second-order valence-electron chi connectivity index (χ2n) is 5.29. The topological polar surface area (TPSA) is 46.8 Å². The van der Waals surface area contributed by atoms with E-state index in [1.165, 1.54) is 11.3 Å². The van der Waals surface area contributed by atoms with Crippen LogP contribution >= 0.6 is 11.3 Å². The Morgan fingerprint density at radius 1 is 1.30 bits per heavy atom. The van der Waals surface area contributed by atoms with E-state index in [4.69, 9.17) is 4.74 Å². The van der Waals surface area contributed by atoms with Crippen LogP contribution in [0.1, 0.15) is 18.3 Å². The molecule has 120 valence electrons. The lowest BCUT2D eigenvalue weighted by Gasteiger charge is -2.22. The molecule has 3 rings (SSSR count). The number of anilines is 1. The molecule has 0 amide bonds. The fourth-order valence-electron chi connectivity index (χ4n) is 2.56. The van der Waals surface area contributed by atoms with Crippen molar-refractivity contribution in [2.24, 2.45) is 0 Å². The monoisotopic (exact) mass is 329 g/mol. The molecule has 5 nitrogen and oxygen atoms in total. The predicted molar refractivity (Wildman–Crippen MR) is 93.8 cm³/mol. The first-order valence-electron chi connectivity index (χ1n) is 7.48. The van der Waals surface area contributed by atoms with Crippen LogP contribution in [-0.2, 0) is 6.54 Å². The molecule has 2 aromatic heterocycles.